The Labute approximate surface area is 185 Å². The molecule has 2 amide bonds. The highest BCUT2D eigenvalue weighted by molar-refractivity contribution is 7.12. The average molecular weight is 437 g/mol. The number of anilines is 2. The van der Waals surface area contributed by atoms with Gasteiger partial charge in [0.25, 0.3) is 11.8 Å². The van der Waals surface area contributed by atoms with Crippen molar-refractivity contribution >= 4 is 34.7 Å². The Morgan fingerprint density at radius 2 is 1.87 bits per heavy atom. The number of aromatic nitrogens is 1. The number of para-hydroxylation sites is 1. The molecule has 0 aliphatic carbocycles. The predicted octanol–water partition coefficient (Wildman–Crippen LogP) is 3.51. The Bertz CT molecular complexity index is 993. The maximum absolute atomic E-state index is 12.6. The molecule has 0 spiro atoms. The van der Waals surface area contributed by atoms with E-state index in [1.54, 1.807) is 18.3 Å². The van der Waals surface area contributed by atoms with Crippen LogP contribution in [0.2, 0.25) is 0 Å². The molecular formula is C23H24N4O3S. The van der Waals surface area contributed by atoms with Crippen molar-refractivity contribution in [1.29, 1.82) is 0 Å². The van der Waals surface area contributed by atoms with Crippen LogP contribution in [0.1, 0.15) is 16.1 Å². The lowest BCUT2D eigenvalue weighted by Gasteiger charge is -2.22. The van der Waals surface area contributed by atoms with E-state index in [1.165, 1.54) is 11.3 Å². The van der Waals surface area contributed by atoms with Crippen molar-refractivity contribution in [3.63, 3.8) is 0 Å². The molecule has 160 valence electrons. The van der Waals surface area contributed by atoms with Crippen molar-refractivity contribution in [3.05, 3.63) is 71.1 Å². The van der Waals surface area contributed by atoms with Crippen LogP contribution in [0, 0.1) is 0 Å². The third-order valence-electron chi connectivity index (χ3n) is 4.98. The van der Waals surface area contributed by atoms with E-state index in [-0.39, 0.29) is 18.4 Å². The zero-order chi connectivity index (χ0) is 21.5. The number of rotatable bonds is 6. The minimum Gasteiger partial charge on any atom is -0.484 e. The molecule has 7 nitrogen and oxygen atoms in total. The van der Waals surface area contributed by atoms with Gasteiger partial charge in [0.05, 0.1) is 16.8 Å². The van der Waals surface area contributed by atoms with E-state index in [2.05, 4.69) is 15.2 Å². The number of hydrogen-bond donors (Lipinski definition) is 1. The molecule has 1 aromatic carbocycles. The highest BCUT2D eigenvalue weighted by Gasteiger charge is 2.21. The fourth-order valence-corrected chi connectivity index (χ4v) is 4.11. The Morgan fingerprint density at radius 1 is 1.00 bits per heavy atom. The number of amides is 2. The monoisotopic (exact) mass is 436 g/mol. The molecule has 1 fully saturated rings. The summed E-state index contributed by atoms with van der Waals surface area (Å²) in [6.07, 6.45) is 2.53. The largest absolute Gasteiger partial charge is 0.484 e. The summed E-state index contributed by atoms with van der Waals surface area (Å²) in [6.45, 7) is 2.89. The summed E-state index contributed by atoms with van der Waals surface area (Å²) in [5.41, 5.74) is 0.620. The maximum Gasteiger partial charge on any atom is 0.263 e. The summed E-state index contributed by atoms with van der Waals surface area (Å²) < 4.78 is 5.46. The van der Waals surface area contributed by atoms with Crippen molar-refractivity contribution in [1.82, 2.24) is 9.88 Å². The highest BCUT2D eigenvalue weighted by Crippen LogP contribution is 2.19. The van der Waals surface area contributed by atoms with Gasteiger partial charge in [0.1, 0.15) is 11.6 Å². The zero-order valence-corrected chi connectivity index (χ0v) is 17.9. The van der Waals surface area contributed by atoms with Crippen LogP contribution in [0.25, 0.3) is 0 Å². The first-order chi connectivity index (χ1) is 15.2. The van der Waals surface area contributed by atoms with Crippen molar-refractivity contribution in [3.8, 4) is 5.75 Å². The van der Waals surface area contributed by atoms with Crippen molar-refractivity contribution < 1.29 is 14.3 Å². The van der Waals surface area contributed by atoms with Crippen LogP contribution >= 0.6 is 11.3 Å². The van der Waals surface area contributed by atoms with E-state index in [4.69, 9.17) is 4.74 Å². The van der Waals surface area contributed by atoms with E-state index < -0.39 is 0 Å². The average Bonchev–Trinajstić information content (AvgIpc) is 3.23. The quantitative estimate of drug-likeness (QED) is 0.640. The van der Waals surface area contributed by atoms with Gasteiger partial charge in [-0.15, -0.1) is 11.3 Å². The minimum absolute atomic E-state index is 0.0635. The Hall–Kier alpha value is -3.39. The van der Waals surface area contributed by atoms with E-state index >= 15 is 0 Å². The van der Waals surface area contributed by atoms with Crippen LogP contribution in [-0.4, -0.2) is 54.5 Å². The van der Waals surface area contributed by atoms with Crippen LogP contribution < -0.4 is 15.0 Å². The number of carbonyl (C=O) groups excluding carboxylic acids is 2. The van der Waals surface area contributed by atoms with Crippen LogP contribution in [-0.2, 0) is 4.79 Å². The highest BCUT2D eigenvalue weighted by atomic mass is 32.1. The number of pyridine rings is 1. The second kappa shape index (κ2) is 10.1. The normalized spacial score (nSPS) is 14.1. The SMILES string of the molecule is O=C(COc1ccccc1)Nc1ccc(N2CCCN(C(=O)c3cccs3)CC2)nc1. The molecule has 0 radical (unpaired) electrons. The summed E-state index contributed by atoms with van der Waals surface area (Å²) in [7, 11) is 0. The summed E-state index contributed by atoms with van der Waals surface area (Å²) >= 11 is 1.48. The van der Waals surface area contributed by atoms with Crippen molar-refractivity contribution in [2.24, 2.45) is 0 Å². The molecule has 0 bridgehead atoms. The first-order valence-electron chi connectivity index (χ1n) is 10.2. The summed E-state index contributed by atoms with van der Waals surface area (Å²) in [5.74, 6) is 1.35. The lowest BCUT2D eigenvalue weighted by atomic mass is 10.3. The fourth-order valence-electron chi connectivity index (χ4n) is 3.42. The summed E-state index contributed by atoms with van der Waals surface area (Å²) in [6, 6.07) is 16.7. The number of carbonyl (C=O) groups is 2. The topological polar surface area (TPSA) is 74.8 Å². The molecule has 3 aromatic rings. The maximum atomic E-state index is 12.6. The number of nitrogens with zero attached hydrogens (tertiary/aromatic N) is 3. The molecule has 1 aliphatic heterocycles. The zero-order valence-electron chi connectivity index (χ0n) is 17.1. The molecule has 4 rings (SSSR count). The second-order valence-corrected chi connectivity index (χ2v) is 8.11. The Balaban J connectivity index is 1.28. The molecule has 0 unspecified atom stereocenters. The number of nitrogens with one attached hydrogen (secondary N) is 1. The lowest BCUT2D eigenvalue weighted by Crippen LogP contribution is -2.35. The molecule has 1 saturated heterocycles. The number of hydrogen-bond acceptors (Lipinski definition) is 6. The third-order valence-corrected chi connectivity index (χ3v) is 5.84. The first kappa shape index (κ1) is 20.9. The van der Waals surface area contributed by atoms with Gasteiger partial charge in [-0.25, -0.2) is 4.98 Å². The molecule has 31 heavy (non-hydrogen) atoms. The van der Waals surface area contributed by atoms with E-state index in [0.717, 1.165) is 36.8 Å². The summed E-state index contributed by atoms with van der Waals surface area (Å²) in [5, 5.41) is 4.72. The summed E-state index contributed by atoms with van der Waals surface area (Å²) in [4.78, 5) is 34.1. The van der Waals surface area contributed by atoms with Gasteiger partial charge >= 0.3 is 0 Å². The predicted molar refractivity (Wildman–Crippen MR) is 122 cm³/mol. The van der Waals surface area contributed by atoms with Gasteiger partial charge in [-0.3, -0.25) is 9.59 Å². The number of benzene rings is 1. The van der Waals surface area contributed by atoms with Gasteiger partial charge in [-0.2, -0.15) is 0 Å². The standard InChI is InChI=1S/C23H24N4O3S/c28-22(17-30-19-6-2-1-3-7-19)25-18-9-10-21(24-16-18)26-11-5-12-27(14-13-26)23(29)20-8-4-15-31-20/h1-4,6-10,15-16H,5,11-14,17H2,(H,25,28). The minimum atomic E-state index is -0.240. The van der Waals surface area contributed by atoms with Gasteiger partial charge in [-0.1, -0.05) is 24.3 Å². The van der Waals surface area contributed by atoms with E-state index in [1.807, 2.05) is 52.7 Å². The van der Waals surface area contributed by atoms with Gasteiger partial charge in [0.2, 0.25) is 0 Å². The molecule has 3 heterocycles. The van der Waals surface area contributed by atoms with Crippen LogP contribution in [0.3, 0.4) is 0 Å². The molecule has 1 N–H and O–H groups in total. The fraction of sp³-hybridized carbons (Fsp3) is 0.261. The van der Waals surface area contributed by atoms with Gasteiger partial charge in [-0.05, 0) is 42.1 Å². The molecular weight excluding hydrogens is 412 g/mol. The lowest BCUT2D eigenvalue weighted by molar-refractivity contribution is -0.118. The molecule has 0 atom stereocenters. The van der Waals surface area contributed by atoms with Gasteiger partial charge < -0.3 is 19.9 Å². The number of ether oxygens (including phenoxy) is 1. The second-order valence-electron chi connectivity index (χ2n) is 7.17. The Kier molecular flexibility index (Phi) is 6.78. The molecule has 8 heteroatoms. The van der Waals surface area contributed by atoms with Crippen molar-refractivity contribution in [2.75, 3.05) is 43.0 Å². The number of thiophene rings is 1. The van der Waals surface area contributed by atoms with Crippen molar-refractivity contribution in [2.45, 2.75) is 6.42 Å². The molecule has 2 aromatic heterocycles. The molecule has 0 saturated carbocycles. The first-order valence-corrected chi connectivity index (χ1v) is 11.1. The Morgan fingerprint density at radius 3 is 2.61 bits per heavy atom. The smallest absolute Gasteiger partial charge is 0.263 e. The molecule has 1 aliphatic rings. The third kappa shape index (κ3) is 5.61. The van der Waals surface area contributed by atoms with Gasteiger partial charge in [0, 0.05) is 26.2 Å². The van der Waals surface area contributed by atoms with Crippen LogP contribution in [0.15, 0.2) is 66.2 Å². The van der Waals surface area contributed by atoms with Gasteiger partial charge in [0.15, 0.2) is 6.61 Å². The van der Waals surface area contributed by atoms with Crippen LogP contribution in [0.5, 0.6) is 5.75 Å². The van der Waals surface area contributed by atoms with E-state index in [0.29, 0.717) is 18.0 Å². The van der Waals surface area contributed by atoms with E-state index in [9.17, 15) is 9.59 Å². The van der Waals surface area contributed by atoms with Crippen LogP contribution in [0.4, 0.5) is 11.5 Å².